The number of carbonyl (C=O) groups excluding carboxylic acids is 2. The van der Waals surface area contributed by atoms with E-state index < -0.39 is 6.04 Å². The summed E-state index contributed by atoms with van der Waals surface area (Å²) in [6, 6.07) is 26.1. The van der Waals surface area contributed by atoms with Gasteiger partial charge in [0.2, 0.25) is 5.91 Å². The molecule has 34 heavy (non-hydrogen) atoms. The van der Waals surface area contributed by atoms with Crippen LogP contribution in [0.15, 0.2) is 84.9 Å². The monoisotopic (exact) mass is 460 g/mol. The topological polar surface area (TPSA) is 91.5 Å². The van der Waals surface area contributed by atoms with E-state index in [4.69, 9.17) is 4.74 Å². The molecule has 0 bridgehead atoms. The fourth-order valence-electron chi connectivity index (χ4n) is 3.46. The number of nitrogens with one attached hydrogen (secondary N) is 4. The van der Waals surface area contributed by atoms with Gasteiger partial charge in [0.25, 0.3) is 0 Å². The van der Waals surface area contributed by atoms with Crippen LogP contribution in [0.2, 0.25) is 0 Å². The molecular weight excluding hydrogens is 428 g/mol. The van der Waals surface area contributed by atoms with Crippen molar-refractivity contribution in [2.75, 3.05) is 32.1 Å². The predicted molar refractivity (Wildman–Crippen MR) is 135 cm³/mol. The molecule has 3 rings (SSSR count). The Labute approximate surface area is 200 Å². The van der Waals surface area contributed by atoms with Gasteiger partial charge in [0.15, 0.2) is 0 Å². The number of amides is 3. The SMILES string of the molecule is COc1ccc(NCCNC(=O)[C@H](Cc2ccccc2)NC(=O)NCCc2ccccc2)cc1. The number of anilines is 1. The number of hydrogen-bond acceptors (Lipinski definition) is 4. The van der Waals surface area contributed by atoms with Crippen LogP contribution in [0.1, 0.15) is 11.1 Å². The van der Waals surface area contributed by atoms with E-state index in [0.717, 1.165) is 29.0 Å². The zero-order valence-corrected chi connectivity index (χ0v) is 19.4. The van der Waals surface area contributed by atoms with E-state index in [9.17, 15) is 9.59 Å². The molecule has 3 amide bonds. The lowest BCUT2D eigenvalue weighted by molar-refractivity contribution is -0.122. The van der Waals surface area contributed by atoms with Crippen molar-refractivity contribution in [3.8, 4) is 5.75 Å². The summed E-state index contributed by atoms with van der Waals surface area (Å²) in [7, 11) is 1.63. The number of urea groups is 1. The van der Waals surface area contributed by atoms with Gasteiger partial charge < -0.3 is 26.0 Å². The number of methoxy groups -OCH3 is 1. The molecule has 3 aromatic rings. The first-order chi connectivity index (χ1) is 16.6. The van der Waals surface area contributed by atoms with Crippen molar-refractivity contribution in [2.24, 2.45) is 0 Å². The molecular formula is C27H32N4O3. The Morgan fingerprint density at radius 1 is 0.765 bits per heavy atom. The molecule has 0 fully saturated rings. The molecule has 0 heterocycles. The summed E-state index contributed by atoms with van der Waals surface area (Å²) in [5.41, 5.74) is 3.06. The summed E-state index contributed by atoms with van der Waals surface area (Å²) in [4.78, 5) is 25.4. The molecule has 0 spiro atoms. The van der Waals surface area contributed by atoms with Crippen LogP contribution in [0.25, 0.3) is 0 Å². The van der Waals surface area contributed by atoms with Crippen molar-refractivity contribution in [3.05, 3.63) is 96.1 Å². The van der Waals surface area contributed by atoms with Crippen LogP contribution in [0, 0.1) is 0 Å². The Morgan fingerprint density at radius 3 is 2.06 bits per heavy atom. The largest absolute Gasteiger partial charge is 0.497 e. The molecule has 7 heteroatoms. The van der Waals surface area contributed by atoms with Crippen LogP contribution in [-0.4, -0.2) is 44.7 Å². The fraction of sp³-hybridized carbons (Fsp3) is 0.259. The van der Waals surface area contributed by atoms with Crippen LogP contribution in [-0.2, 0) is 17.6 Å². The average molecular weight is 461 g/mol. The van der Waals surface area contributed by atoms with Gasteiger partial charge in [-0.3, -0.25) is 4.79 Å². The van der Waals surface area contributed by atoms with Gasteiger partial charge in [-0.25, -0.2) is 4.79 Å². The highest BCUT2D eigenvalue weighted by Gasteiger charge is 2.20. The summed E-state index contributed by atoms with van der Waals surface area (Å²) in [6.07, 6.45) is 1.13. The number of benzene rings is 3. The summed E-state index contributed by atoms with van der Waals surface area (Å²) >= 11 is 0. The van der Waals surface area contributed by atoms with Crippen molar-refractivity contribution in [1.82, 2.24) is 16.0 Å². The van der Waals surface area contributed by atoms with E-state index in [1.807, 2.05) is 84.9 Å². The van der Waals surface area contributed by atoms with Crippen molar-refractivity contribution in [2.45, 2.75) is 18.9 Å². The van der Waals surface area contributed by atoms with Crippen LogP contribution < -0.4 is 26.0 Å². The minimum Gasteiger partial charge on any atom is -0.497 e. The number of rotatable bonds is 12. The van der Waals surface area contributed by atoms with Crippen molar-refractivity contribution in [3.63, 3.8) is 0 Å². The van der Waals surface area contributed by atoms with Crippen LogP contribution in [0.3, 0.4) is 0 Å². The third kappa shape index (κ3) is 8.50. The zero-order chi connectivity index (χ0) is 24.0. The third-order valence-corrected chi connectivity index (χ3v) is 5.29. The van der Waals surface area contributed by atoms with Gasteiger partial charge in [-0.2, -0.15) is 0 Å². The highest BCUT2D eigenvalue weighted by atomic mass is 16.5. The van der Waals surface area contributed by atoms with Gasteiger partial charge in [0, 0.05) is 31.7 Å². The van der Waals surface area contributed by atoms with Crippen LogP contribution in [0.5, 0.6) is 5.75 Å². The Bertz CT molecular complexity index is 1010. The molecule has 4 N–H and O–H groups in total. The van der Waals surface area contributed by atoms with Gasteiger partial charge in [0.1, 0.15) is 11.8 Å². The van der Waals surface area contributed by atoms with Crippen LogP contribution >= 0.6 is 0 Å². The van der Waals surface area contributed by atoms with Gasteiger partial charge >= 0.3 is 6.03 Å². The standard InChI is InChI=1S/C27H32N4O3/c1-34-24-14-12-23(13-15-24)28-18-19-29-26(32)25(20-22-10-6-3-7-11-22)31-27(33)30-17-16-21-8-4-2-5-9-21/h2-15,25,28H,16-20H2,1H3,(H,29,32)(H2,30,31,33)/t25-/m0/s1. The highest BCUT2D eigenvalue weighted by Crippen LogP contribution is 2.14. The minimum atomic E-state index is -0.680. The molecule has 7 nitrogen and oxygen atoms in total. The lowest BCUT2D eigenvalue weighted by atomic mass is 10.1. The van der Waals surface area contributed by atoms with Gasteiger partial charge in [-0.1, -0.05) is 60.7 Å². The van der Waals surface area contributed by atoms with Gasteiger partial charge in [-0.15, -0.1) is 0 Å². The van der Waals surface area contributed by atoms with Gasteiger partial charge in [-0.05, 0) is 41.8 Å². The average Bonchev–Trinajstić information content (AvgIpc) is 2.87. The second-order valence-electron chi connectivity index (χ2n) is 7.82. The molecule has 0 aromatic heterocycles. The summed E-state index contributed by atoms with van der Waals surface area (Å²) < 4.78 is 5.16. The quantitative estimate of drug-likeness (QED) is 0.312. The van der Waals surface area contributed by atoms with E-state index in [1.54, 1.807) is 7.11 Å². The molecule has 0 saturated heterocycles. The van der Waals surface area contributed by atoms with E-state index in [1.165, 1.54) is 0 Å². The zero-order valence-electron chi connectivity index (χ0n) is 19.4. The minimum absolute atomic E-state index is 0.224. The first kappa shape index (κ1) is 24.6. The molecule has 0 saturated carbocycles. The van der Waals surface area contributed by atoms with Crippen molar-refractivity contribution < 1.29 is 14.3 Å². The third-order valence-electron chi connectivity index (χ3n) is 5.29. The molecule has 0 unspecified atom stereocenters. The lowest BCUT2D eigenvalue weighted by Gasteiger charge is -2.19. The maximum absolute atomic E-state index is 12.9. The maximum atomic E-state index is 12.9. The van der Waals surface area contributed by atoms with Crippen LogP contribution in [0.4, 0.5) is 10.5 Å². The predicted octanol–water partition coefficient (Wildman–Crippen LogP) is 3.38. The summed E-state index contributed by atoms with van der Waals surface area (Å²) in [5, 5.41) is 11.8. The second-order valence-corrected chi connectivity index (χ2v) is 7.82. The molecule has 0 radical (unpaired) electrons. The Balaban J connectivity index is 1.48. The fourth-order valence-corrected chi connectivity index (χ4v) is 3.46. The molecule has 178 valence electrons. The highest BCUT2D eigenvalue weighted by molar-refractivity contribution is 5.87. The smallest absolute Gasteiger partial charge is 0.315 e. The number of carbonyl (C=O) groups is 2. The van der Waals surface area contributed by atoms with E-state index in [0.29, 0.717) is 26.1 Å². The first-order valence-electron chi connectivity index (χ1n) is 11.4. The maximum Gasteiger partial charge on any atom is 0.315 e. The Kier molecular flexibility index (Phi) is 9.80. The van der Waals surface area contributed by atoms with Gasteiger partial charge in [0.05, 0.1) is 7.11 Å². The van der Waals surface area contributed by atoms with E-state index >= 15 is 0 Å². The molecule has 0 aliphatic rings. The van der Waals surface area contributed by atoms with E-state index in [2.05, 4.69) is 21.3 Å². The number of ether oxygens (including phenoxy) is 1. The molecule has 0 aliphatic carbocycles. The summed E-state index contributed by atoms with van der Waals surface area (Å²) in [6.45, 7) is 1.47. The normalized spacial score (nSPS) is 11.2. The number of hydrogen-bond donors (Lipinski definition) is 4. The first-order valence-corrected chi connectivity index (χ1v) is 11.4. The molecule has 0 aliphatic heterocycles. The van der Waals surface area contributed by atoms with Crippen molar-refractivity contribution >= 4 is 17.6 Å². The van der Waals surface area contributed by atoms with Crippen molar-refractivity contribution in [1.29, 1.82) is 0 Å². The molecule has 1 atom stereocenters. The lowest BCUT2D eigenvalue weighted by Crippen LogP contribution is -2.51. The molecule has 3 aromatic carbocycles. The Hall–Kier alpha value is -4.00. The Morgan fingerprint density at radius 2 is 1.41 bits per heavy atom. The summed E-state index contributed by atoms with van der Waals surface area (Å²) in [5.74, 6) is 0.564. The second kappa shape index (κ2) is 13.5. The van der Waals surface area contributed by atoms with E-state index in [-0.39, 0.29) is 11.9 Å².